The molecule has 1 unspecified atom stereocenters. The summed E-state index contributed by atoms with van der Waals surface area (Å²) in [6.07, 6.45) is -0.881. The van der Waals surface area contributed by atoms with Gasteiger partial charge in [0.2, 0.25) is 0 Å². The van der Waals surface area contributed by atoms with Gasteiger partial charge in [-0.1, -0.05) is 20.8 Å². The summed E-state index contributed by atoms with van der Waals surface area (Å²) in [6.45, 7) is 19.5. The highest BCUT2D eigenvalue weighted by Gasteiger charge is 2.44. The highest BCUT2D eigenvalue weighted by Crippen LogP contribution is 2.31. The molecule has 0 radical (unpaired) electrons. The van der Waals surface area contributed by atoms with Crippen molar-refractivity contribution in [3.05, 3.63) is 0 Å². The summed E-state index contributed by atoms with van der Waals surface area (Å²) in [6, 6.07) is -0.193. The fourth-order valence-corrected chi connectivity index (χ4v) is 4.05. The lowest BCUT2D eigenvalue weighted by molar-refractivity contribution is -0.203. The van der Waals surface area contributed by atoms with Crippen LogP contribution in [0.4, 0.5) is 4.79 Å². The molecule has 0 aromatic carbocycles. The minimum absolute atomic E-state index is 0.116. The molecule has 1 aliphatic rings. The van der Waals surface area contributed by atoms with E-state index in [-0.39, 0.29) is 23.7 Å². The molecule has 148 valence electrons. The Balaban J connectivity index is 3.07. The van der Waals surface area contributed by atoms with E-state index in [4.69, 9.17) is 18.6 Å². The number of rotatable bonds is 5. The van der Waals surface area contributed by atoms with Crippen molar-refractivity contribution in [2.24, 2.45) is 5.41 Å². The SMILES string of the molecule is CCO[C@@H]1CN(C(=O)OC(C)(C)C)[C@@H](C(O[SiH](C)C)C(C)(C)C)CO1. The van der Waals surface area contributed by atoms with Crippen LogP contribution in [0.3, 0.4) is 0 Å². The number of carbonyl (C=O) groups is 1. The fraction of sp³-hybridized carbons (Fsp3) is 0.944. The van der Waals surface area contributed by atoms with Crippen LogP contribution in [-0.4, -0.2) is 63.8 Å². The van der Waals surface area contributed by atoms with Crippen LogP contribution in [0, 0.1) is 5.41 Å². The van der Waals surface area contributed by atoms with Gasteiger partial charge in [0.15, 0.2) is 15.3 Å². The van der Waals surface area contributed by atoms with Crippen LogP contribution in [0.25, 0.3) is 0 Å². The van der Waals surface area contributed by atoms with E-state index in [1.807, 2.05) is 27.7 Å². The Hall–Kier alpha value is -0.633. The maximum atomic E-state index is 12.8. The van der Waals surface area contributed by atoms with E-state index >= 15 is 0 Å². The first-order valence-corrected chi connectivity index (χ1v) is 12.0. The molecule has 7 heteroatoms. The normalized spacial score (nSPS) is 23.7. The predicted molar refractivity (Wildman–Crippen MR) is 101 cm³/mol. The van der Waals surface area contributed by atoms with Gasteiger partial charge >= 0.3 is 6.09 Å². The lowest BCUT2D eigenvalue weighted by Gasteiger charge is -2.47. The zero-order valence-corrected chi connectivity index (χ0v) is 18.6. The van der Waals surface area contributed by atoms with E-state index in [1.54, 1.807) is 4.90 Å². The predicted octanol–water partition coefficient (Wildman–Crippen LogP) is 3.40. The zero-order valence-electron chi connectivity index (χ0n) is 17.4. The van der Waals surface area contributed by atoms with Crippen molar-refractivity contribution in [3.8, 4) is 0 Å². The van der Waals surface area contributed by atoms with Crippen LogP contribution in [0.15, 0.2) is 0 Å². The summed E-state index contributed by atoms with van der Waals surface area (Å²) < 4.78 is 23.4. The molecule has 1 saturated heterocycles. The Morgan fingerprint density at radius 2 is 1.84 bits per heavy atom. The van der Waals surface area contributed by atoms with E-state index in [1.165, 1.54) is 0 Å². The molecular weight excluding hydrogens is 338 g/mol. The van der Waals surface area contributed by atoms with Crippen LogP contribution in [-0.2, 0) is 18.6 Å². The van der Waals surface area contributed by atoms with Crippen molar-refractivity contribution in [2.75, 3.05) is 19.8 Å². The summed E-state index contributed by atoms with van der Waals surface area (Å²) in [7, 11) is -1.29. The van der Waals surface area contributed by atoms with Crippen molar-refractivity contribution in [2.45, 2.75) is 85.6 Å². The summed E-state index contributed by atoms with van der Waals surface area (Å²) in [5, 5.41) is 0. The van der Waals surface area contributed by atoms with Crippen molar-refractivity contribution in [3.63, 3.8) is 0 Å². The molecule has 3 atom stereocenters. The van der Waals surface area contributed by atoms with E-state index in [0.717, 1.165) is 0 Å². The van der Waals surface area contributed by atoms with Crippen LogP contribution >= 0.6 is 0 Å². The first-order valence-electron chi connectivity index (χ1n) is 9.23. The first-order chi connectivity index (χ1) is 11.3. The molecule has 0 spiro atoms. The second-order valence-electron chi connectivity index (χ2n) is 8.89. The quantitative estimate of drug-likeness (QED) is 0.689. The molecule has 1 rings (SSSR count). The number of morpholine rings is 1. The maximum Gasteiger partial charge on any atom is 0.410 e. The topological polar surface area (TPSA) is 57.2 Å². The molecule has 1 amide bonds. The van der Waals surface area contributed by atoms with Crippen molar-refractivity contribution < 1.29 is 23.4 Å². The van der Waals surface area contributed by atoms with Crippen LogP contribution in [0.2, 0.25) is 13.1 Å². The summed E-state index contributed by atoms with van der Waals surface area (Å²) in [4.78, 5) is 14.6. The zero-order chi connectivity index (χ0) is 19.4. The monoisotopic (exact) mass is 375 g/mol. The first kappa shape index (κ1) is 22.4. The van der Waals surface area contributed by atoms with E-state index in [0.29, 0.717) is 19.8 Å². The number of hydrogen-bond acceptors (Lipinski definition) is 5. The second kappa shape index (κ2) is 8.84. The highest BCUT2D eigenvalue weighted by atomic mass is 28.3. The molecule has 1 heterocycles. The number of hydrogen-bond donors (Lipinski definition) is 0. The van der Waals surface area contributed by atoms with Gasteiger partial charge < -0.3 is 18.6 Å². The number of ether oxygens (including phenoxy) is 3. The Kier molecular flexibility index (Phi) is 7.92. The van der Waals surface area contributed by atoms with E-state index in [9.17, 15) is 4.79 Å². The molecule has 0 aliphatic carbocycles. The third-order valence-corrected chi connectivity index (χ3v) is 4.64. The van der Waals surface area contributed by atoms with Crippen LogP contribution in [0.1, 0.15) is 48.5 Å². The van der Waals surface area contributed by atoms with Gasteiger partial charge in [-0.25, -0.2) is 4.79 Å². The Morgan fingerprint density at radius 3 is 2.28 bits per heavy atom. The maximum absolute atomic E-state index is 12.8. The Labute approximate surface area is 154 Å². The van der Waals surface area contributed by atoms with Gasteiger partial charge in [0.05, 0.1) is 25.3 Å². The Bertz CT molecular complexity index is 430. The lowest BCUT2D eigenvalue weighted by atomic mass is 9.84. The van der Waals surface area contributed by atoms with E-state index < -0.39 is 20.9 Å². The van der Waals surface area contributed by atoms with Gasteiger partial charge in [-0.3, -0.25) is 4.90 Å². The molecule has 0 aromatic rings. The van der Waals surface area contributed by atoms with Gasteiger partial charge in [0.1, 0.15) is 5.60 Å². The standard InChI is InChI=1S/C18H37NO5Si/c1-10-21-14-11-19(16(20)23-18(5,6)7)13(12-22-14)15(17(2,3)4)24-25(8)9/h13-15,25H,10-12H2,1-9H3/t13-,14+,15?/m1/s1. The largest absolute Gasteiger partial charge is 0.444 e. The molecular formula is C18H37NO5Si. The van der Waals surface area contributed by atoms with Gasteiger partial charge in [0.25, 0.3) is 0 Å². The van der Waals surface area contributed by atoms with Crippen molar-refractivity contribution in [1.82, 2.24) is 4.90 Å². The van der Waals surface area contributed by atoms with Gasteiger partial charge in [-0.15, -0.1) is 0 Å². The van der Waals surface area contributed by atoms with Gasteiger partial charge in [-0.2, -0.15) is 0 Å². The second-order valence-corrected chi connectivity index (χ2v) is 11.3. The van der Waals surface area contributed by atoms with Crippen LogP contribution < -0.4 is 0 Å². The van der Waals surface area contributed by atoms with Crippen molar-refractivity contribution >= 4 is 15.1 Å². The molecule has 6 nitrogen and oxygen atoms in total. The van der Waals surface area contributed by atoms with Crippen LogP contribution in [0.5, 0.6) is 0 Å². The number of carbonyl (C=O) groups excluding carboxylic acids is 1. The third-order valence-electron chi connectivity index (χ3n) is 3.80. The van der Waals surface area contributed by atoms with Gasteiger partial charge in [-0.05, 0) is 46.2 Å². The lowest BCUT2D eigenvalue weighted by Crippen LogP contribution is -2.61. The Morgan fingerprint density at radius 1 is 1.24 bits per heavy atom. The van der Waals surface area contributed by atoms with E-state index in [2.05, 4.69) is 33.9 Å². The number of nitrogens with zero attached hydrogens (tertiary/aromatic N) is 1. The summed E-state index contributed by atoms with van der Waals surface area (Å²) in [5.74, 6) is 0. The minimum atomic E-state index is -1.29. The third kappa shape index (κ3) is 7.25. The molecule has 0 aromatic heterocycles. The average Bonchev–Trinajstić information content (AvgIpc) is 2.42. The molecule has 25 heavy (non-hydrogen) atoms. The van der Waals surface area contributed by atoms with Gasteiger partial charge in [0, 0.05) is 6.61 Å². The fourth-order valence-electron chi connectivity index (χ4n) is 2.88. The summed E-state index contributed by atoms with van der Waals surface area (Å²) in [5.41, 5.74) is -0.671. The highest BCUT2D eigenvalue weighted by molar-refractivity contribution is 6.48. The minimum Gasteiger partial charge on any atom is -0.444 e. The molecule has 0 saturated carbocycles. The molecule has 1 fully saturated rings. The molecule has 0 N–H and O–H groups in total. The van der Waals surface area contributed by atoms with Crippen molar-refractivity contribution in [1.29, 1.82) is 0 Å². The summed E-state index contributed by atoms with van der Waals surface area (Å²) >= 11 is 0. The molecule has 1 aliphatic heterocycles. The average molecular weight is 376 g/mol. The smallest absolute Gasteiger partial charge is 0.410 e. The number of amides is 1. The molecule has 0 bridgehead atoms.